The Morgan fingerprint density at radius 1 is 0.689 bits per heavy atom. The van der Waals surface area contributed by atoms with E-state index in [4.69, 9.17) is 9.84 Å². The first-order valence-corrected chi connectivity index (χ1v) is 24.1. The molecule has 2 unspecified atom stereocenters. The van der Waals surface area contributed by atoms with Crippen LogP contribution in [-0.4, -0.2) is 109 Å². The fraction of sp³-hybridized carbons (Fsp3) is 0.382. The van der Waals surface area contributed by atoms with Gasteiger partial charge < -0.3 is 25.2 Å². The monoisotopic (exact) mass is 1010 g/mol. The second kappa shape index (κ2) is 24.1. The van der Waals surface area contributed by atoms with Crippen LogP contribution >= 0.6 is 0 Å². The number of nitrogens with zero attached hydrogens (tertiary/aromatic N) is 11. The van der Waals surface area contributed by atoms with Gasteiger partial charge >= 0.3 is 17.9 Å². The molecule has 0 fully saturated rings. The van der Waals surface area contributed by atoms with Crippen molar-refractivity contribution in [2.24, 2.45) is 14.1 Å². The summed E-state index contributed by atoms with van der Waals surface area (Å²) >= 11 is 0. The number of amides is 1. The normalized spacial score (nSPS) is 13.4. The number of aromatic carboxylic acids is 1. The van der Waals surface area contributed by atoms with E-state index < -0.39 is 11.9 Å². The number of methoxy groups -OCH3 is 1. The number of ether oxygens (including phenoxy) is 1. The molecule has 19 nitrogen and oxygen atoms in total. The number of carbonyl (C=O) groups excluding carboxylic acids is 2. The molecule has 3 N–H and O–H groups in total. The quantitative estimate of drug-likeness (QED) is 0.0993. The van der Waals surface area contributed by atoms with E-state index in [9.17, 15) is 24.3 Å². The number of rotatable bonds is 12. The van der Waals surface area contributed by atoms with Crippen LogP contribution in [0.4, 0.5) is 0 Å². The number of carbonyl (C=O) groups is 4. The molecule has 6 heterocycles. The van der Waals surface area contributed by atoms with Gasteiger partial charge in [0.05, 0.1) is 54.5 Å². The predicted octanol–water partition coefficient (Wildman–Crippen LogP) is 7.79. The first-order valence-electron chi connectivity index (χ1n) is 24.1. The van der Waals surface area contributed by atoms with E-state index in [-0.39, 0.29) is 50.5 Å². The van der Waals surface area contributed by atoms with Gasteiger partial charge in [-0.2, -0.15) is 10.2 Å². The molecular formula is C55H68N12O7. The molecule has 19 heteroatoms. The molecule has 0 saturated heterocycles. The van der Waals surface area contributed by atoms with Crippen molar-refractivity contribution in [3.05, 3.63) is 152 Å². The van der Waals surface area contributed by atoms with Crippen LogP contribution in [0, 0.1) is 13.8 Å². The van der Waals surface area contributed by atoms with Crippen molar-refractivity contribution in [2.75, 3.05) is 20.2 Å². The molecule has 0 aliphatic carbocycles. The Hall–Kier alpha value is -8.06. The van der Waals surface area contributed by atoms with Crippen molar-refractivity contribution in [1.82, 2.24) is 59.8 Å². The van der Waals surface area contributed by atoms with Gasteiger partial charge in [-0.3, -0.25) is 23.7 Å². The number of benzene rings is 4. The molecule has 1 amide bonds. The highest BCUT2D eigenvalue weighted by molar-refractivity contribution is 5.94. The number of carboxylic acids is 2. The zero-order chi connectivity index (χ0) is 51.2. The Labute approximate surface area is 431 Å². The number of nitrogens with one attached hydrogen (secondary N) is 1. The molecule has 4 aromatic heterocycles. The predicted molar refractivity (Wildman–Crippen MR) is 282 cm³/mol. The highest BCUT2D eigenvalue weighted by atomic mass is 16.5. The number of aliphatic carboxylic acids is 1. The minimum absolute atomic E-state index is 0. The van der Waals surface area contributed by atoms with Crippen molar-refractivity contribution in [2.45, 2.75) is 106 Å². The zero-order valence-corrected chi connectivity index (χ0v) is 41.7. The Balaban J connectivity index is 0.000000205. The maximum atomic E-state index is 13.0. The van der Waals surface area contributed by atoms with Gasteiger partial charge in [-0.05, 0) is 115 Å². The summed E-state index contributed by atoms with van der Waals surface area (Å²) < 4.78 is 11.8. The average molecular weight is 1010 g/mol. The third-order valence-electron chi connectivity index (χ3n) is 13.6. The summed E-state index contributed by atoms with van der Waals surface area (Å²) in [5.74, 6) is -2.47. The summed E-state index contributed by atoms with van der Waals surface area (Å²) in [5.41, 5.74) is 15.5. The first kappa shape index (κ1) is 55.3. The summed E-state index contributed by atoms with van der Waals surface area (Å²) in [6.45, 7) is 12.6. The van der Waals surface area contributed by atoms with E-state index >= 15 is 0 Å². The fourth-order valence-electron chi connectivity index (χ4n) is 9.76. The van der Waals surface area contributed by atoms with E-state index in [1.807, 2.05) is 46.3 Å². The number of aromatic nitrogens is 10. The van der Waals surface area contributed by atoms with Crippen LogP contribution in [0.3, 0.4) is 0 Å². The summed E-state index contributed by atoms with van der Waals surface area (Å²) in [6, 6.07) is 20.9. The SMILES string of the molecule is C.C.CCn1nnc2c(C)c(C(CC(=O)O)c3ccc4c(c3)CN(C(=O)c3cnn(C)c3)CC4)ccc21.CCn1nnc2c(C)c(C(CC(=O)OC)c3ccc4c(c3)CNCC4)ccc21.Cn1cc(C(=O)O)cn1. The van der Waals surface area contributed by atoms with Crippen LogP contribution in [0.15, 0.2) is 85.5 Å². The molecule has 0 saturated carbocycles. The van der Waals surface area contributed by atoms with E-state index in [2.05, 4.69) is 92.5 Å². The van der Waals surface area contributed by atoms with Crippen LogP contribution in [0.2, 0.25) is 0 Å². The molecule has 0 spiro atoms. The van der Waals surface area contributed by atoms with Gasteiger partial charge in [0, 0.05) is 71.0 Å². The Kier molecular flexibility index (Phi) is 18.0. The van der Waals surface area contributed by atoms with Crippen LogP contribution in [0.5, 0.6) is 0 Å². The minimum Gasteiger partial charge on any atom is -0.481 e. The number of hydrogen-bond acceptors (Lipinski definition) is 12. The van der Waals surface area contributed by atoms with E-state index in [1.54, 1.807) is 31.2 Å². The highest BCUT2D eigenvalue weighted by Crippen LogP contribution is 2.37. The Bertz CT molecular complexity index is 3290. The van der Waals surface area contributed by atoms with Crippen LogP contribution in [0.25, 0.3) is 22.1 Å². The molecule has 8 aromatic rings. The first-order chi connectivity index (χ1) is 34.7. The van der Waals surface area contributed by atoms with Crippen molar-refractivity contribution in [3.8, 4) is 0 Å². The van der Waals surface area contributed by atoms with Crippen molar-refractivity contribution >= 4 is 45.9 Å². The largest absolute Gasteiger partial charge is 0.481 e. The van der Waals surface area contributed by atoms with E-state index in [0.717, 1.165) is 93.5 Å². The van der Waals surface area contributed by atoms with Gasteiger partial charge in [0.25, 0.3) is 5.91 Å². The van der Waals surface area contributed by atoms with Crippen molar-refractivity contribution in [1.29, 1.82) is 0 Å². The van der Waals surface area contributed by atoms with Gasteiger partial charge in [-0.1, -0.05) is 73.8 Å². The maximum Gasteiger partial charge on any atom is 0.338 e. The van der Waals surface area contributed by atoms with Gasteiger partial charge in [0.2, 0.25) is 0 Å². The highest BCUT2D eigenvalue weighted by Gasteiger charge is 2.28. The Morgan fingerprint density at radius 3 is 1.70 bits per heavy atom. The summed E-state index contributed by atoms with van der Waals surface area (Å²) in [6.07, 6.45) is 8.14. The van der Waals surface area contributed by atoms with Crippen LogP contribution < -0.4 is 5.32 Å². The lowest BCUT2D eigenvalue weighted by Crippen LogP contribution is -2.35. The van der Waals surface area contributed by atoms with Crippen LogP contribution in [-0.2, 0) is 67.4 Å². The lowest BCUT2D eigenvalue weighted by molar-refractivity contribution is -0.141. The van der Waals surface area contributed by atoms with Crippen LogP contribution in [0.1, 0.15) is 130 Å². The van der Waals surface area contributed by atoms with E-state index in [1.165, 1.54) is 40.9 Å². The topological polar surface area (TPSA) is 230 Å². The number of fused-ring (bicyclic) bond motifs is 4. The van der Waals surface area contributed by atoms with Gasteiger partial charge in [0.1, 0.15) is 11.0 Å². The minimum atomic E-state index is -0.942. The van der Waals surface area contributed by atoms with Gasteiger partial charge in [-0.25, -0.2) is 14.2 Å². The molecular weight excluding hydrogens is 941 g/mol. The zero-order valence-electron chi connectivity index (χ0n) is 41.7. The molecule has 2 aliphatic heterocycles. The molecule has 74 heavy (non-hydrogen) atoms. The second-order valence-corrected chi connectivity index (χ2v) is 18.2. The van der Waals surface area contributed by atoms with Gasteiger partial charge in [-0.15, -0.1) is 10.2 Å². The standard InChI is InChI=1S/C26H28N6O3.C22H26N4O2.C5H6N2O2.2CH4/c1-4-32-23-8-7-21(16(2)25(23)28-29-32)22(12-24(33)34)18-6-5-17-9-10-31(15-19(17)11-18)26(35)20-13-27-30(3)14-20;1-4-26-20-8-7-18(14(2)22(20)24-25-26)19(12-21(27)28-3)16-6-5-15-9-10-23-13-17(15)11-16;1-7-3-4(2-6-7)5(8)9;;/h5-8,11,13-14,22H,4,9-10,12,15H2,1-3H3,(H,33,34);5-8,11,19,23H,4,9-10,12-13H2,1-3H3;2-3H,1H3,(H,8,9);2*1H4. The number of carboxylic acid groups (broad SMARTS) is 2. The molecule has 10 rings (SSSR count). The molecule has 0 bridgehead atoms. The van der Waals surface area contributed by atoms with Crippen molar-refractivity contribution < 1.29 is 34.1 Å². The summed E-state index contributed by atoms with van der Waals surface area (Å²) in [7, 11) is 4.91. The Morgan fingerprint density at radius 2 is 1.22 bits per heavy atom. The average Bonchev–Trinajstić information content (AvgIpc) is 4.22. The maximum absolute atomic E-state index is 13.0. The smallest absolute Gasteiger partial charge is 0.338 e. The summed E-state index contributed by atoms with van der Waals surface area (Å²) in [4.78, 5) is 49.1. The third kappa shape index (κ3) is 11.9. The number of esters is 1. The number of aryl methyl sites for hydroxylation is 6. The molecule has 390 valence electrons. The van der Waals surface area contributed by atoms with Crippen molar-refractivity contribution in [3.63, 3.8) is 0 Å². The number of hydrogen-bond donors (Lipinski definition) is 3. The lowest BCUT2D eigenvalue weighted by atomic mass is 9.83. The van der Waals surface area contributed by atoms with E-state index in [0.29, 0.717) is 31.6 Å². The van der Waals surface area contributed by atoms with Gasteiger partial charge in [0.15, 0.2) is 0 Å². The summed E-state index contributed by atoms with van der Waals surface area (Å²) in [5, 5.41) is 46.5. The fourth-order valence-corrected chi connectivity index (χ4v) is 9.76. The molecule has 2 aliphatic rings. The molecule has 0 radical (unpaired) electrons. The third-order valence-corrected chi connectivity index (χ3v) is 13.6. The lowest BCUT2D eigenvalue weighted by Gasteiger charge is -2.30. The second-order valence-electron chi connectivity index (χ2n) is 18.2. The molecule has 4 aromatic carbocycles. The molecule has 2 atom stereocenters.